The summed E-state index contributed by atoms with van der Waals surface area (Å²) in [4.78, 5) is 12.6. The van der Waals surface area contributed by atoms with Gasteiger partial charge in [0.25, 0.3) is 5.91 Å². The molecule has 2 aromatic carbocycles. The summed E-state index contributed by atoms with van der Waals surface area (Å²) in [7, 11) is 0. The molecule has 1 aliphatic heterocycles. The van der Waals surface area contributed by atoms with Crippen LogP contribution in [0, 0.1) is 0 Å². The number of hydrogen-bond donors (Lipinski definition) is 2. The van der Waals surface area contributed by atoms with Gasteiger partial charge in [-0.15, -0.1) is 0 Å². The zero-order valence-electron chi connectivity index (χ0n) is 16.5. The molecule has 0 bridgehead atoms. The van der Waals surface area contributed by atoms with E-state index in [2.05, 4.69) is 31.7 Å². The second kappa shape index (κ2) is 8.40. The number of nitrogens with zero attached hydrogens (tertiary/aromatic N) is 2. The molecule has 174 valence electrons. The molecule has 0 radical (unpaired) electrons. The van der Waals surface area contributed by atoms with E-state index in [1.807, 2.05) is 0 Å². The first-order valence-corrected chi connectivity index (χ1v) is 10.4. The van der Waals surface area contributed by atoms with Crippen molar-refractivity contribution in [3.8, 4) is 0 Å². The fourth-order valence-electron chi connectivity index (χ4n) is 3.62. The Bertz CT molecular complexity index is 1170. The molecule has 2 atom stereocenters. The maximum absolute atomic E-state index is 13.8. The molecule has 0 saturated carbocycles. The minimum Gasteiger partial charge on any atom is -0.363 e. The molecule has 0 aliphatic carbocycles. The molecule has 2 heterocycles. The Morgan fingerprint density at radius 1 is 1.06 bits per heavy atom. The monoisotopic (exact) mass is 532 g/mol. The Labute approximate surface area is 191 Å². The second-order valence-corrected chi connectivity index (χ2v) is 8.31. The first-order valence-electron chi connectivity index (χ1n) is 9.59. The zero-order valence-corrected chi connectivity index (χ0v) is 18.1. The lowest BCUT2D eigenvalue weighted by atomic mass is 9.97. The number of rotatable bonds is 3. The summed E-state index contributed by atoms with van der Waals surface area (Å²) in [6.07, 6.45) is -9.76. The Morgan fingerprint density at radius 3 is 2.36 bits per heavy atom. The van der Waals surface area contributed by atoms with E-state index in [1.54, 1.807) is 24.3 Å². The van der Waals surface area contributed by atoms with Crippen molar-refractivity contribution in [3.63, 3.8) is 0 Å². The maximum atomic E-state index is 13.8. The van der Waals surface area contributed by atoms with E-state index in [0.717, 1.165) is 28.7 Å². The highest BCUT2D eigenvalue weighted by atomic mass is 79.9. The molecule has 2 N–H and O–H groups in total. The Balaban J connectivity index is 1.65. The average Bonchev–Trinajstić information content (AvgIpc) is 3.17. The van der Waals surface area contributed by atoms with Gasteiger partial charge in [-0.1, -0.05) is 40.2 Å². The number of aromatic nitrogens is 2. The van der Waals surface area contributed by atoms with Crippen LogP contribution in [0.5, 0.6) is 0 Å². The van der Waals surface area contributed by atoms with E-state index >= 15 is 0 Å². The van der Waals surface area contributed by atoms with E-state index in [4.69, 9.17) is 0 Å². The van der Waals surface area contributed by atoms with Crippen LogP contribution in [-0.4, -0.2) is 21.9 Å². The zero-order chi connectivity index (χ0) is 24.0. The molecule has 5 nitrogen and oxygen atoms in total. The lowest BCUT2D eigenvalue weighted by Gasteiger charge is -2.33. The average molecular weight is 533 g/mol. The number of amides is 1. The lowest BCUT2D eigenvalue weighted by Crippen LogP contribution is -2.35. The second-order valence-electron chi connectivity index (χ2n) is 7.40. The topological polar surface area (TPSA) is 59.0 Å². The number of hydrogen-bond acceptors (Lipinski definition) is 3. The molecule has 0 spiro atoms. The van der Waals surface area contributed by atoms with E-state index in [9.17, 15) is 31.1 Å². The molecule has 12 heteroatoms. The number of halogens is 7. The number of fused-ring (bicyclic) bond motifs is 1. The quantitative estimate of drug-likeness (QED) is 0.375. The third-order valence-electron chi connectivity index (χ3n) is 5.18. The first kappa shape index (κ1) is 23.1. The largest absolute Gasteiger partial charge is 0.418 e. The number of carbonyl (C=O) groups is 1. The number of carbonyl (C=O) groups excluding carboxylic acids is 1. The van der Waals surface area contributed by atoms with Gasteiger partial charge < -0.3 is 10.6 Å². The molecule has 0 unspecified atom stereocenters. The first-order chi connectivity index (χ1) is 15.4. The van der Waals surface area contributed by atoms with Gasteiger partial charge >= 0.3 is 12.4 Å². The predicted octanol–water partition coefficient (Wildman–Crippen LogP) is 6.58. The Kier molecular flexibility index (Phi) is 5.89. The van der Waals surface area contributed by atoms with Crippen molar-refractivity contribution in [2.45, 2.75) is 30.9 Å². The van der Waals surface area contributed by atoms with E-state index in [0.29, 0.717) is 10.2 Å². The van der Waals surface area contributed by atoms with E-state index in [1.165, 1.54) is 6.07 Å². The van der Waals surface area contributed by atoms with Crippen LogP contribution in [0.3, 0.4) is 0 Å². The van der Waals surface area contributed by atoms with Crippen LogP contribution in [0.1, 0.15) is 40.1 Å². The molecule has 0 saturated heterocycles. The normalized spacial score (nSPS) is 18.4. The molecule has 3 aromatic rings. The van der Waals surface area contributed by atoms with E-state index < -0.39 is 47.3 Å². The number of anilines is 2. The van der Waals surface area contributed by atoms with Crippen molar-refractivity contribution in [3.05, 3.63) is 75.9 Å². The summed E-state index contributed by atoms with van der Waals surface area (Å²) in [5.74, 6) is -1.12. The minimum absolute atomic E-state index is 0.0641. The predicted molar refractivity (Wildman–Crippen MR) is 112 cm³/mol. The van der Waals surface area contributed by atoms with Crippen LogP contribution in [0.25, 0.3) is 0 Å². The van der Waals surface area contributed by atoms with Gasteiger partial charge in [-0.05, 0) is 29.8 Å². The standard InChI is InChI=1S/C21H15BrF6N4O/c22-12-7-5-11(6-8-12)15-9-17(21(26,27)28)32-18(29-15)10-16(31-32)19(33)30-14-4-2-1-3-13(14)20(23,24)25/h1-8,10,15,17,29H,9H2,(H,30,33)/t15-,17-/m1/s1. The van der Waals surface area contributed by atoms with Gasteiger partial charge in [-0.25, -0.2) is 4.68 Å². The molecule has 0 fully saturated rings. The van der Waals surface area contributed by atoms with Gasteiger partial charge in [-0.3, -0.25) is 4.79 Å². The molecular formula is C21H15BrF6N4O. The molecule has 1 aromatic heterocycles. The summed E-state index contributed by atoms with van der Waals surface area (Å²) < 4.78 is 82.4. The smallest absolute Gasteiger partial charge is 0.363 e. The van der Waals surface area contributed by atoms with Gasteiger partial charge in [0.15, 0.2) is 11.7 Å². The highest BCUT2D eigenvalue weighted by Crippen LogP contribution is 2.44. The van der Waals surface area contributed by atoms with Crippen molar-refractivity contribution >= 4 is 33.3 Å². The fraction of sp³-hybridized carbons (Fsp3) is 0.238. The van der Waals surface area contributed by atoms with Crippen LogP contribution in [0.15, 0.2) is 59.1 Å². The molecular weight excluding hydrogens is 518 g/mol. The van der Waals surface area contributed by atoms with Crippen molar-refractivity contribution in [2.24, 2.45) is 0 Å². The molecule has 4 rings (SSSR count). The van der Waals surface area contributed by atoms with Crippen LogP contribution in [-0.2, 0) is 6.18 Å². The van der Waals surface area contributed by atoms with Gasteiger partial charge in [0, 0.05) is 17.0 Å². The third kappa shape index (κ3) is 4.85. The Morgan fingerprint density at radius 2 is 1.73 bits per heavy atom. The maximum Gasteiger partial charge on any atom is 0.418 e. The minimum atomic E-state index is -4.72. The summed E-state index contributed by atoms with van der Waals surface area (Å²) in [5, 5.41) is 8.79. The van der Waals surface area contributed by atoms with Crippen LogP contribution in [0.4, 0.5) is 37.8 Å². The summed E-state index contributed by atoms with van der Waals surface area (Å²) in [6.45, 7) is 0. The summed E-state index contributed by atoms with van der Waals surface area (Å²) in [6, 6.07) is 9.39. The van der Waals surface area contributed by atoms with Crippen molar-refractivity contribution in [1.29, 1.82) is 0 Å². The lowest BCUT2D eigenvalue weighted by molar-refractivity contribution is -0.173. The number of benzene rings is 2. The fourth-order valence-corrected chi connectivity index (χ4v) is 3.89. The van der Waals surface area contributed by atoms with Crippen molar-refractivity contribution in [2.75, 3.05) is 10.6 Å². The van der Waals surface area contributed by atoms with Crippen LogP contribution < -0.4 is 10.6 Å². The van der Waals surface area contributed by atoms with Crippen LogP contribution in [0.2, 0.25) is 0 Å². The number of para-hydroxylation sites is 1. The highest BCUT2D eigenvalue weighted by Gasteiger charge is 2.47. The van der Waals surface area contributed by atoms with Gasteiger partial charge in [0.2, 0.25) is 0 Å². The Hall–Kier alpha value is -3.02. The SMILES string of the molecule is O=C(Nc1ccccc1C(F)(F)F)c1cc2n(n1)[C@@H](C(F)(F)F)C[C@H](c1ccc(Br)cc1)N2. The molecule has 1 amide bonds. The number of alkyl halides is 6. The summed E-state index contributed by atoms with van der Waals surface area (Å²) >= 11 is 3.27. The van der Waals surface area contributed by atoms with Crippen molar-refractivity contribution < 1.29 is 31.1 Å². The summed E-state index contributed by atoms with van der Waals surface area (Å²) in [5.41, 5.74) is -1.44. The molecule has 33 heavy (non-hydrogen) atoms. The van der Waals surface area contributed by atoms with Gasteiger partial charge in [0.1, 0.15) is 5.82 Å². The highest BCUT2D eigenvalue weighted by molar-refractivity contribution is 9.10. The van der Waals surface area contributed by atoms with Gasteiger partial charge in [0.05, 0.1) is 17.3 Å². The third-order valence-corrected chi connectivity index (χ3v) is 5.70. The van der Waals surface area contributed by atoms with Crippen LogP contribution >= 0.6 is 15.9 Å². The van der Waals surface area contributed by atoms with Crippen molar-refractivity contribution in [1.82, 2.24) is 9.78 Å². The van der Waals surface area contributed by atoms with E-state index in [-0.39, 0.29) is 12.2 Å². The van der Waals surface area contributed by atoms with Gasteiger partial charge in [-0.2, -0.15) is 31.4 Å². The molecule has 1 aliphatic rings. The number of nitrogens with one attached hydrogen (secondary N) is 2.